The van der Waals surface area contributed by atoms with E-state index >= 15 is 0 Å². The van der Waals surface area contributed by atoms with Crippen LogP contribution in [0.15, 0.2) is 72.8 Å². The van der Waals surface area contributed by atoms with Gasteiger partial charge in [-0.1, -0.05) is 60.7 Å². The molecule has 24 heavy (non-hydrogen) atoms. The highest BCUT2D eigenvalue weighted by atomic mass is 16.5. The maximum Gasteiger partial charge on any atom is 0.217 e. The van der Waals surface area contributed by atoms with Crippen LogP contribution in [-0.2, 0) is 19.8 Å². The number of pyridine rings is 1. The summed E-state index contributed by atoms with van der Waals surface area (Å²) in [5.41, 5.74) is 8.66. The molecule has 0 aliphatic heterocycles. The molecule has 0 amide bonds. The van der Waals surface area contributed by atoms with Crippen LogP contribution in [0.4, 0.5) is 0 Å². The lowest BCUT2D eigenvalue weighted by atomic mass is 10.2. The number of nitrogens with two attached hydrogens (primary N) is 1. The molecule has 0 fully saturated rings. The van der Waals surface area contributed by atoms with Gasteiger partial charge in [0.2, 0.25) is 5.88 Å². The molecule has 0 unspecified atom stereocenters. The van der Waals surface area contributed by atoms with Crippen LogP contribution < -0.4 is 15.2 Å². The molecule has 122 valence electrons. The van der Waals surface area contributed by atoms with Crippen LogP contribution in [0.2, 0.25) is 0 Å². The first-order valence-corrected chi connectivity index (χ1v) is 7.88. The van der Waals surface area contributed by atoms with Gasteiger partial charge < -0.3 is 15.2 Å². The van der Waals surface area contributed by atoms with E-state index in [0.717, 1.165) is 16.8 Å². The van der Waals surface area contributed by atoms with Crippen molar-refractivity contribution in [2.45, 2.75) is 19.8 Å². The summed E-state index contributed by atoms with van der Waals surface area (Å²) in [7, 11) is 0. The number of ether oxygens (including phenoxy) is 2. The van der Waals surface area contributed by atoms with Gasteiger partial charge in [-0.3, -0.25) is 0 Å². The second-order valence-corrected chi connectivity index (χ2v) is 5.39. The van der Waals surface area contributed by atoms with Gasteiger partial charge in [0, 0.05) is 18.7 Å². The number of hydrogen-bond acceptors (Lipinski definition) is 4. The summed E-state index contributed by atoms with van der Waals surface area (Å²) in [5.74, 6) is 1.22. The van der Waals surface area contributed by atoms with Gasteiger partial charge in [0.1, 0.15) is 19.0 Å². The largest absolute Gasteiger partial charge is 0.489 e. The summed E-state index contributed by atoms with van der Waals surface area (Å²) in [5, 5.41) is 0. The van der Waals surface area contributed by atoms with Crippen LogP contribution in [0, 0.1) is 0 Å². The van der Waals surface area contributed by atoms with Crippen molar-refractivity contribution in [1.29, 1.82) is 0 Å². The van der Waals surface area contributed by atoms with Gasteiger partial charge >= 0.3 is 0 Å². The third-order valence-electron chi connectivity index (χ3n) is 3.52. The zero-order valence-electron chi connectivity index (χ0n) is 13.4. The van der Waals surface area contributed by atoms with E-state index in [9.17, 15) is 0 Å². The molecule has 0 radical (unpaired) electrons. The van der Waals surface area contributed by atoms with Crippen molar-refractivity contribution in [3.05, 3.63) is 89.6 Å². The molecule has 2 aromatic carbocycles. The Balaban J connectivity index is 1.68. The fourth-order valence-corrected chi connectivity index (χ4v) is 2.27. The van der Waals surface area contributed by atoms with Gasteiger partial charge in [-0.05, 0) is 11.1 Å². The van der Waals surface area contributed by atoms with Crippen LogP contribution in [0.5, 0.6) is 11.6 Å². The molecule has 3 aromatic rings. The van der Waals surface area contributed by atoms with E-state index < -0.39 is 0 Å². The van der Waals surface area contributed by atoms with Crippen LogP contribution >= 0.6 is 0 Å². The van der Waals surface area contributed by atoms with E-state index in [1.54, 1.807) is 6.07 Å². The Morgan fingerprint density at radius 2 is 1.33 bits per heavy atom. The van der Waals surface area contributed by atoms with Crippen molar-refractivity contribution in [2.24, 2.45) is 5.73 Å². The summed E-state index contributed by atoms with van der Waals surface area (Å²) >= 11 is 0. The average Bonchev–Trinajstić information content (AvgIpc) is 2.66. The number of aromatic nitrogens is 1. The molecule has 0 bridgehead atoms. The van der Waals surface area contributed by atoms with Gasteiger partial charge in [-0.15, -0.1) is 0 Å². The lowest BCUT2D eigenvalue weighted by Gasteiger charge is -2.11. The molecule has 4 nitrogen and oxygen atoms in total. The van der Waals surface area contributed by atoms with Crippen molar-refractivity contribution in [1.82, 2.24) is 4.98 Å². The van der Waals surface area contributed by atoms with Crippen LogP contribution in [0.3, 0.4) is 0 Å². The van der Waals surface area contributed by atoms with Crippen LogP contribution in [-0.4, -0.2) is 4.98 Å². The molecule has 0 saturated carbocycles. The van der Waals surface area contributed by atoms with Gasteiger partial charge in [0.15, 0.2) is 0 Å². The van der Waals surface area contributed by atoms with Crippen molar-refractivity contribution in [3.8, 4) is 11.6 Å². The van der Waals surface area contributed by atoms with Crippen molar-refractivity contribution in [2.75, 3.05) is 0 Å². The maximum atomic E-state index is 5.85. The van der Waals surface area contributed by atoms with Gasteiger partial charge in [-0.2, -0.15) is 0 Å². The summed E-state index contributed by atoms with van der Waals surface area (Å²) < 4.78 is 11.6. The SMILES string of the molecule is NCc1cc(OCc2ccccc2)cc(OCc2ccccc2)n1. The number of hydrogen-bond donors (Lipinski definition) is 1. The van der Waals surface area contributed by atoms with E-state index in [1.807, 2.05) is 66.7 Å². The molecule has 1 aromatic heterocycles. The third kappa shape index (κ3) is 4.57. The van der Waals surface area contributed by atoms with Crippen molar-refractivity contribution in [3.63, 3.8) is 0 Å². The Bertz CT molecular complexity index is 699. The minimum Gasteiger partial charge on any atom is -0.489 e. The lowest BCUT2D eigenvalue weighted by Crippen LogP contribution is -2.05. The fourth-order valence-electron chi connectivity index (χ4n) is 2.27. The molecule has 0 aliphatic carbocycles. The predicted octanol–water partition coefficient (Wildman–Crippen LogP) is 3.70. The molecule has 2 N–H and O–H groups in total. The minimum atomic E-state index is 0.338. The Kier molecular flexibility index (Phi) is 5.43. The molecule has 0 saturated heterocycles. The molecule has 4 heteroatoms. The van der Waals surface area contributed by atoms with Gasteiger partial charge in [0.25, 0.3) is 0 Å². The molecular formula is C20H20N2O2. The highest BCUT2D eigenvalue weighted by Crippen LogP contribution is 2.21. The van der Waals surface area contributed by atoms with E-state index in [4.69, 9.17) is 15.2 Å². The minimum absolute atomic E-state index is 0.338. The number of rotatable bonds is 7. The van der Waals surface area contributed by atoms with E-state index in [2.05, 4.69) is 4.98 Å². The summed E-state index contributed by atoms with van der Waals surface area (Å²) in [4.78, 5) is 4.39. The molecule has 0 atom stereocenters. The standard InChI is InChI=1S/C20H20N2O2/c21-13-18-11-19(23-14-16-7-3-1-4-8-16)12-20(22-18)24-15-17-9-5-2-6-10-17/h1-12H,13-15,21H2. The Labute approximate surface area is 141 Å². The van der Waals surface area contributed by atoms with Crippen LogP contribution in [0.25, 0.3) is 0 Å². The Hall–Kier alpha value is -2.85. The monoisotopic (exact) mass is 320 g/mol. The first kappa shape index (κ1) is 16.0. The molecule has 0 spiro atoms. The second-order valence-electron chi connectivity index (χ2n) is 5.39. The topological polar surface area (TPSA) is 57.4 Å². The second kappa shape index (κ2) is 8.13. The smallest absolute Gasteiger partial charge is 0.217 e. The first-order valence-electron chi connectivity index (χ1n) is 7.88. The van der Waals surface area contributed by atoms with E-state index in [0.29, 0.717) is 31.4 Å². The van der Waals surface area contributed by atoms with Crippen LogP contribution in [0.1, 0.15) is 16.8 Å². The summed E-state index contributed by atoms with van der Waals surface area (Å²) in [6, 6.07) is 23.6. The van der Waals surface area contributed by atoms with Crippen molar-refractivity contribution >= 4 is 0 Å². The Morgan fingerprint density at radius 1 is 0.750 bits per heavy atom. The normalized spacial score (nSPS) is 10.4. The quantitative estimate of drug-likeness (QED) is 0.721. The maximum absolute atomic E-state index is 5.85. The van der Waals surface area contributed by atoms with Gasteiger partial charge in [-0.25, -0.2) is 4.98 Å². The predicted molar refractivity (Wildman–Crippen MR) is 93.7 cm³/mol. The lowest BCUT2D eigenvalue weighted by molar-refractivity contribution is 0.280. The average molecular weight is 320 g/mol. The number of benzene rings is 2. The summed E-state index contributed by atoms with van der Waals surface area (Å²) in [6.45, 7) is 1.29. The zero-order chi connectivity index (χ0) is 16.6. The highest BCUT2D eigenvalue weighted by Gasteiger charge is 2.05. The third-order valence-corrected chi connectivity index (χ3v) is 3.52. The van der Waals surface area contributed by atoms with Crippen molar-refractivity contribution < 1.29 is 9.47 Å². The molecule has 1 heterocycles. The van der Waals surface area contributed by atoms with E-state index in [-0.39, 0.29) is 0 Å². The van der Waals surface area contributed by atoms with E-state index in [1.165, 1.54) is 0 Å². The van der Waals surface area contributed by atoms with Gasteiger partial charge in [0.05, 0.1) is 5.69 Å². The zero-order valence-corrected chi connectivity index (χ0v) is 13.4. The molecular weight excluding hydrogens is 300 g/mol. The summed E-state index contributed by atoms with van der Waals surface area (Å²) in [6.07, 6.45) is 0. The molecule has 3 rings (SSSR count). The first-order chi connectivity index (χ1) is 11.8. The number of nitrogens with zero attached hydrogens (tertiary/aromatic N) is 1. The molecule has 0 aliphatic rings. The highest BCUT2D eigenvalue weighted by molar-refractivity contribution is 5.31. The Morgan fingerprint density at radius 3 is 1.92 bits per heavy atom. The fraction of sp³-hybridized carbons (Fsp3) is 0.150.